The standard InChI is InChI=1S/C20H26O2/c1-18-7-6-16-15-4-3-14(21)12-13(15)2-5-17(16)19(18)8-10-20(18,22)11-9-19/h3-4,12,16-17,21-22H,2,5-11H2,1H3/t16-,17-,18+,19-,20-/m1/s1. The Morgan fingerprint density at radius 3 is 2.59 bits per heavy atom. The third kappa shape index (κ3) is 1.29. The highest BCUT2D eigenvalue weighted by molar-refractivity contribution is 5.41. The summed E-state index contributed by atoms with van der Waals surface area (Å²) in [5.74, 6) is 1.80. The molecule has 0 heterocycles. The highest BCUT2D eigenvalue weighted by atomic mass is 16.3. The van der Waals surface area contributed by atoms with Crippen LogP contribution in [0.25, 0.3) is 0 Å². The van der Waals surface area contributed by atoms with E-state index in [0.29, 0.717) is 17.1 Å². The lowest BCUT2D eigenvalue weighted by molar-refractivity contribution is -0.101. The van der Waals surface area contributed by atoms with Gasteiger partial charge in [-0.1, -0.05) is 13.0 Å². The smallest absolute Gasteiger partial charge is 0.115 e. The molecule has 2 heteroatoms. The van der Waals surface area contributed by atoms with Crippen LogP contribution in [0.5, 0.6) is 5.75 Å². The average Bonchev–Trinajstić information content (AvgIpc) is 2.88. The van der Waals surface area contributed by atoms with Gasteiger partial charge in [0.15, 0.2) is 0 Å². The van der Waals surface area contributed by atoms with Crippen LogP contribution in [0, 0.1) is 16.7 Å². The first-order valence-corrected chi connectivity index (χ1v) is 9.03. The SMILES string of the molecule is C[C@]12CC[C@@H]3c4ccc(O)cc4CC[C@H]3[C@]13CC[C@@]2(O)CC3. The van der Waals surface area contributed by atoms with Gasteiger partial charge in [0, 0.05) is 5.41 Å². The van der Waals surface area contributed by atoms with Gasteiger partial charge < -0.3 is 10.2 Å². The van der Waals surface area contributed by atoms with E-state index in [0.717, 1.165) is 25.2 Å². The van der Waals surface area contributed by atoms with Gasteiger partial charge in [0.2, 0.25) is 0 Å². The molecule has 2 nitrogen and oxygen atoms in total. The van der Waals surface area contributed by atoms with E-state index in [4.69, 9.17) is 0 Å². The van der Waals surface area contributed by atoms with E-state index < -0.39 is 0 Å². The van der Waals surface area contributed by atoms with E-state index in [1.807, 2.05) is 12.1 Å². The fourth-order valence-electron chi connectivity index (χ4n) is 7.30. The largest absolute Gasteiger partial charge is 0.508 e. The summed E-state index contributed by atoms with van der Waals surface area (Å²) in [5, 5.41) is 21.0. The molecule has 0 saturated heterocycles. The van der Waals surface area contributed by atoms with E-state index in [-0.39, 0.29) is 11.0 Å². The number of hydrogen-bond acceptors (Lipinski definition) is 2. The molecule has 5 rings (SSSR count). The number of aliphatic hydroxyl groups is 1. The van der Waals surface area contributed by atoms with E-state index in [9.17, 15) is 10.2 Å². The first-order valence-electron chi connectivity index (χ1n) is 9.03. The van der Waals surface area contributed by atoms with Gasteiger partial charge in [-0.2, -0.15) is 0 Å². The molecule has 1 aromatic carbocycles. The molecular formula is C20H26O2. The molecule has 0 aliphatic heterocycles. The molecular weight excluding hydrogens is 272 g/mol. The number of phenols is 1. The average molecular weight is 298 g/mol. The molecule has 1 aromatic rings. The van der Waals surface area contributed by atoms with Gasteiger partial charge in [0.05, 0.1) is 5.60 Å². The Hall–Kier alpha value is -1.02. The predicted molar refractivity (Wildman–Crippen MR) is 85.9 cm³/mol. The van der Waals surface area contributed by atoms with Crippen LogP contribution in [0.2, 0.25) is 0 Å². The lowest BCUT2D eigenvalue weighted by Crippen LogP contribution is -2.51. The highest BCUT2D eigenvalue weighted by Crippen LogP contribution is 2.77. The van der Waals surface area contributed by atoms with Crippen molar-refractivity contribution in [1.29, 1.82) is 0 Å². The highest BCUT2D eigenvalue weighted by Gasteiger charge is 2.73. The van der Waals surface area contributed by atoms with Crippen LogP contribution in [0.1, 0.15) is 68.9 Å². The Labute approximate surface area is 132 Å². The summed E-state index contributed by atoms with van der Waals surface area (Å²) in [6.45, 7) is 2.40. The van der Waals surface area contributed by atoms with Crippen molar-refractivity contribution in [2.75, 3.05) is 0 Å². The number of hydrogen-bond donors (Lipinski definition) is 2. The molecule has 0 aromatic heterocycles. The van der Waals surface area contributed by atoms with Crippen LogP contribution in [0.4, 0.5) is 0 Å². The van der Waals surface area contributed by atoms with Crippen molar-refractivity contribution in [3.8, 4) is 5.75 Å². The summed E-state index contributed by atoms with van der Waals surface area (Å²) in [6.07, 6.45) is 9.23. The number of rotatable bonds is 0. The zero-order valence-electron chi connectivity index (χ0n) is 13.4. The van der Waals surface area contributed by atoms with Gasteiger partial charge in [0.1, 0.15) is 5.75 Å². The minimum atomic E-state index is -0.382. The first kappa shape index (κ1) is 13.4. The molecule has 3 atom stereocenters. The maximum Gasteiger partial charge on any atom is 0.115 e. The first-order chi connectivity index (χ1) is 10.5. The van der Waals surface area contributed by atoms with Crippen molar-refractivity contribution in [1.82, 2.24) is 0 Å². The fourth-order valence-corrected chi connectivity index (χ4v) is 7.30. The minimum Gasteiger partial charge on any atom is -0.508 e. The quantitative estimate of drug-likeness (QED) is 0.755. The van der Waals surface area contributed by atoms with E-state index >= 15 is 0 Å². The normalized spacial score (nSPS) is 48.6. The molecule has 4 aliphatic carbocycles. The van der Waals surface area contributed by atoms with E-state index in [1.165, 1.54) is 43.2 Å². The summed E-state index contributed by atoms with van der Waals surface area (Å²) in [4.78, 5) is 0. The third-order valence-corrected chi connectivity index (χ3v) is 8.50. The predicted octanol–water partition coefficient (Wildman–Crippen LogP) is 4.14. The number of benzene rings is 1. The van der Waals surface area contributed by atoms with Gasteiger partial charge in [-0.15, -0.1) is 0 Å². The van der Waals surface area contributed by atoms with E-state index in [2.05, 4.69) is 13.0 Å². The molecule has 118 valence electrons. The fraction of sp³-hybridized carbons (Fsp3) is 0.700. The second-order valence-electron chi connectivity index (χ2n) is 8.69. The Morgan fingerprint density at radius 1 is 1.05 bits per heavy atom. The Balaban J connectivity index is 1.62. The topological polar surface area (TPSA) is 40.5 Å². The number of aromatic hydroxyl groups is 1. The van der Waals surface area contributed by atoms with Crippen LogP contribution in [-0.4, -0.2) is 15.8 Å². The number of aryl methyl sites for hydroxylation is 1. The van der Waals surface area contributed by atoms with Gasteiger partial charge in [0.25, 0.3) is 0 Å². The molecule has 0 amide bonds. The molecule has 22 heavy (non-hydrogen) atoms. The minimum absolute atomic E-state index is 0.148. The Bertz CT molecular complexity index is 641. The number of phenolic OH excluding ortho intramolecular Hbond substituents is 1. The molecule has 3 fully saturated rings. The van der Waals surface area contributed by atoms with Crippen molar-refractivity contribution in [3.63, 3.8) is 0 Å². The maximum atomic E-state index is 11.2. The molecule has 0 radical (unpaired) electrons. The van der Waals surface area contributed by atoms with Crippen LogP contribution in [0.3, 0.4) is 0 Å². The van der Waals surface area contributed by atoms with Crippen molar-refractivity contribution in [2.24, 2.45) is 16.7 Å². The maximum absolute atomic E-state index is 11.2. The summed E-state index contributed by atoms with van der Waals surface area (Å²) in [7, 11) is 0. The summed E-state index contributed by atoms with van der Waals surface area (Å²) < 4.78 is 0. The van der Waals surface area contributed by atoms with Crippen LogP contribution >= 0.6 is 0 Å². The van der Waals surface area contributed by atoms with Crippen LogP contribution in [-0.2, 0) is 6.42 Å². The van der Waals surface area contributed by atoms with Crippen LogP contribution < -0.4 is 0 Å². The van der Waals surface area contributed by atoms with E-state index in [1.54, 1.807) is 0 Å². The summed E-state index contributed by atoms with van der Waals surface area (Å²) >= 11 is 0. The van der Waals surface area contributed by atoms with Gasteiger partial charge in [-0.25, -0.2) is 0 Å². The van der Waals surface area contributed by atoms with Gasteiger partial charge in [-0.3, -0.25) is 0 Å². The summed E-state index contributed by atoms with van der Waals surface area (Å²) in [5.41, 5.74) is 3.00. The number of fused-ring (bicyclic) bond motifs is 3. The van der Waals surface area contributed by atoms with Crippen molar-refractivity contribution < 1.29 is 10.2 Å². The Morgan fingerprint density at radius 2 is 1.82 bits per heavy atom. The second kappa shape index (κ2) is 3.90. The molecule has 0 spiro atoms. The third-order valence-electron chi connectivity index (χ3n) is 8.50. The monoisotopic (exact) mass is 298 g/mol. The zero-order valence-corrected chi connectivity index (χ0v) is 13.4. The van der Waals surface area contributed by atoms with Crippen molar-refractivity contribution in [3.05, 3.63) is 29.3 Å². The lowest BCUT2D eigenvalue weighted by Gasteiger charge is -2.56. The summed E-state index contributed by atoms with van der Waals surface area (Å²) in [6, 6.07) is 6.03. The van der Waals surface area contributed by atoms with Crippen molar-refractivity contribution in [2.45, 2.75) is 69.8 Å². The van der Waals surface area contributed by atoms with Crippen molar-refractivity contribution >= 4 is 0 Å². The lowest BCUT2D eigenvalue weighted by atomic mass is 9.48. The molecule has 2 N–H and O–H groups in total. The molecule has 3 saturated carbocycles. The van der Waals surface area contributed by atoms with Crippen LogP contribution in [0.15, 0.2) is 18.2 Å². The van der Waals surface area contributed by atoms with Gasteiger partial charge >= 0.3 is 0 Å². The Kier molecular flexibility index (Phi) is 2.38. The molecule has 2 bridgehead atoms. The van der Waals surface area contributed by atoms with Gasteiger partial charge in [-0.05, 0) is 91.9 Å². The zero-order chi connectivity index (χ0) is 15.2. The molecule has 0 unspecified atom stereocenters. The molecule has 4 aliphatic rings. The second-order valence-corrected chi connectivity index (χ2v) is 8.69.